The summed E-state index contributed by atoms with van der Waals surface area (Å²) in [7, 11) is 1.51. The van der Waals surface area contributed by atoms with E-state index in [-0.39, 0.29) is 6.61 Å². The summed E-state index contributed by atoms with van der Waals surface area (Å²) in [4.78, 5) is 16.4. The second-order valence-corrected chi connectivity index (χ2v) is 8.50. The quantitative estimate of drug-likeness (QED) is 0.602. The van der Waals surface area contributed by atoms with Gasteiger partial charge in [-0.3, -0.25) is 9.79 Å². The monoisotopic (exact) mass is 354 g/mol. The molecule has 3 N–H and O–H groups in total. The van der Waals surface area contributed by atoms with Crippen LogP contribution in [0.15, 0.2) is 34.3 Å². The summed E-state index contributed by atoms with van der Waals surface area (Å²) in [6.07, 6.45) is 5.75. The molecule has 4 aliphatic rings. The van der Waals surface area contributed by atoms with E-state index in [1.807, 2.05) is 6.21 Å². The number of nitrogens with zero attached hydrogens (tertiary/aromatic N) is 1. The van der Waals surface area contributed by atoms with Crippen molar-refractivity contribution in [2.24, 2.45) is 22.2 Å². The number of hydrogen-bond acceptors (Lipinski definition) is 4. The third kappa shape index (κ3) is 2.26. The number of hydrogen-bond donors (Lipinski definition) is 2. The fourth-order valence-electron chi connectivity index (χ4n) is 5.39. The minimum absolute atomic E-state index is 0.0897. The van der Waals surface area contributed by atoms with Gasteiger partial charge in [0.2, 0.25) is 0 Å². The molecule has 0 aliphatic heterocycles. The van der Waals surface area contributed by atoms with E-state index in [9.17, 15) is 9.90 Å². The number of carbonyl (C=O) groups is 1. The van der Waals surface area contributed by atoms with Gasteiger partial charge in [0.1, 0.15) is 5.41 Å². The van der Waals surface area contributed by atoms with Crippen LogP contribution in [0.5, 0.6) is 0 Å². The van der Waals surface area contributed by atoms with Gasteiger partial charge in [0.05, 0.1) is 18.0 Å². The van der Waals surface area contributed by atoms with E-state index in [4.69, 9.17) is 10.5 Å². The van der Waals surface area contributed by atoms with Gasteiger partial charge in [0.25, 0.3) is 0 Å². The highest BCUT2D eigenvalue weighted by atomic mass is 16.5. The minimum atomic E-state index is -1.13. The van der Waals surface area contributed by atoms with Gasteiger partial charge in [0.15, 0.2) is 0 Å². The molecule has 3 fully saturated rings. The summed E-state index contributed by atoms with van der Waals surface area (Å²) in [6, 6.07) is 5.26. The maximum Gasteiger partial charge on any atom is 0.316 e. The molecule has 4 atom stereocenters. The Hall–Kier alpha value is -2.14. The first-order chi connectivity index (χ1) is 12.3. The average Bonchev–Trinajstić information content (AvgIpc) is 3.11. The predicted molar refractivity (Wildman–Crippen MR) is 102 cm³/mol. The van der Waals surface area contributed by atoms with Crippen molar-refractivity contribution in [1.29, 1.82) is 0 Å². The van der Waals surface area contributed by atoms with Gasteiger partial charge in [-0.25, -0.2) is 0 Å². The number of rotatable bonds is 6. The Labute approximate surface area is 154 Å². The van der Waals surface area contributed by atoms with Crippen LogP contribution in [0.3, 0.4) is 0 Å². The standard InChI is InChI=1S/C21H26N2O3/c1-20-9-12-6-15(20)7-13(18(12)20)10-23-17-8-14(4-5-16(17)22)21(2,11-26-3)19(24)25/h4-5,8,10,12,15H,6-7,9,11,22H2,1-3H3,(H,24,25). The van der Waals surface area contributed by atoms with Crippen LogP contribution in [0.1, 0.15) is 38.7 Å². The van der Waals surface area contributed by atoms with Crippen LogP contribution in [0.2, 0.25) is 0 Å². The maximum absolute atomic E-state index is 11.8. The van der Waals surface area contributed by atoms with Crippen LogP contribution in [-0.4, -0.2) is 31.0 Å². The number of methoxy groups -OCH3 is 1. The van der Waals surface area contributed by atoms with Gasteiger partial charge in [0, 0.05) is 13.3 Å². The zero-order valence-electron chi connectivity index (χ0n) is 15.6. The normalized spacial score (nSPS) is 31.3. The third-order valence-corrected chi connectivity index (χ3v) is 6.91. The van der Waals surface area contributed by atoms with E-state index in [2.05, 4.69) is 11.9 Å². The second-order valence-electron chi connectivity index (χ2n) is 8.50. The van der Waals surface area contributed by atoms with E-state index in [1.54, 1.807) is 30.7 Å². The summed E-state index contributed by atoms with van der Waals surface area (Å²) >= 11 is 0. The van der Waals surface area contributed by atoms with E-state index >= 15 is 0 Å². The molecule has 4 unspecified atom stereocenters. The molecule has 0 saturated heterocycles. The van der Waals surface area contributed by atoms with E-state index < -0.39 is 11.4 Å². The Morgan fingerprint density at radius 2 is 2.31 bits per heavy atom. The zero-order valence-corrected chi connectivity index (χ0v) is 15.6. The number of aliphatic carboxylic acids is 1. The Kier molecular flexibility index (Phi) is 3.77. The number of ether oxygens (including phenoxy) is 1. The van der Waals surface area contributed by atoms with Crippen molar-refractivity contribution in [2.45, 2.75) is 38.5 Å². The highest BCUT2D eigenvalue weighted by Crippen LogP contribution is 2.72. The number of benzene rings is 1. The number of carboxylic acid groups (broad SMARTS) is 1. The van der Waals surface area contributed by atoms with Crippen molar-refractivity contribution < 1.29 is 14.6 Å². The SMILES string of the molecule is COCC(C)(C(=O)O)c1ccc(N)c(N=CC2=C3C4CC(C2)C3(C)C4)c1. The van der Waals surface area contributed by atoms with Gasteiger partial charge < -0.3 is 15.6 Å². The number of allylic oxidation sites excluding steroid dienone is 2. The Bertz CT molecular complexity index is 842. The summed E-state index contributed by atoms with van der Waals surface area (Å²) in [5, 5.41) is 9.66. The van der Waals surface area contributed by atoms with Crippen molar-refractivity contribution in [3.63, 3.8) is 0 Å². The molecule has 3 saturated carbocycles. The highest BCUT2D eigenvalue weighted by molar-refractivity contribution is 5.87. The van der Waals surface area contributed by atoms with Crippen LogP contribution in [-0.2, 0) is 14.9 Å². The fraction of sp³-hybridized carbons (Fsp3) is 0.524. The second kappa shape index (κ2) is 5.68. The Balaban J connectivity index is 1.65. The van der Waals surface area contributed by atoms with Crippen molar-refractivity contribution in [2.75, 3.05) is 19.5 Å². The molecule has 5 rings (SSSR count). The fourth-order valence-corrected chi connectivity index (χ4v) is 5.39. The molecule has 1 aromatic carbocycles. The van der Waals surface area contributed by atoms with Gasteiger partial charge >= 0.3 is 5.97 Å². The van der Waals surface area contributed by atoms with E-state index in [1.165, 1.54) is 25.5 Å². The first-order valence-electron chi connectivity index (χ1n) is 9.19. The molecule has 5 heteroatoms. The molecule has 1 aromatic rings. The van der Waals surface area contributed by atoms with Crippen LogP contribution in [0.25, 0.3) is 0 Å². The molecule has 4 bridgehead atoms. The smallest absolute Gasteiger partial charge is 0.316 e. The van der Waals surface area contributed by atoms with Crippen LogP contribution in [0, 0.1) is 17.3 Å². The van der Waals surface area contributed by atoms with Gasteiger partial charge in [-0.15, -0.1) is 0 Å². The summed E-state index contributed by atoms with van der Waals surface area (Å²) in [6.45, 7) is 4.13. The average molecular weight is 354 g/mol. The molecule has 4 aliphatic carbocycles. The lowest BCUT2D eigenvalue weighted by molar-refractivity contribution is -0.145. The molecule has 5 nitrogen and oxygen atoms in total. The third-order valence-electron chi connectivity index (χ3n) is 6.91. The van der Waals surface area contributed by atoms with Crippen molar-refractivity contribution >= 4 is 23.6 Å². The summed E-state index contributed by atoms with van der Waals surface area (Å²) in [5.41, 5.74) is 10.2. The van der Waals surface area contributed by atoms with Gasteiger partial charge in [-0.1, -0.05) is 18.6 Å². The molecule has 138 valence electrons. The van der Waals surface area contributed by atoms with Gasteiger partial charge in [-0.05, 0) is 66.7 Å². The number of nitrogen functional groups attached to an aromatic ring is 1. The molecule has 0 amide bonds. The molecule has 0 spiro atoms. The molecular weight excluding hydrogens is 328 g/mol. The van der Waals surface area contributed by atoms with E-state index in [0.717, 1.165) is 18.3 Å². The number of carboxylic acids is 1. The molecule has 0 heterocycles. The minimum Gasteiger partial charge on any atom is -0.481 e. The van der Waals surface area contributed by atoms with Crippen LogP contribution >= 0.6 is 0 Å². The molecule has 0 aromatic heterocycles. The molecular formula is C21H26N2O3. The lowest BCUT2D eigenvalue weighted by Crippen LogP contribution is -2.37. The van der Waals surface area contributed by atoms with Crippen molar-refractivity contribution in [3.05, 3.63) is 34.9 Å². The molecule has 0 radical (unpaired) electrons. The van der Waals surface area contributed by atoms with Crippen molar-refractivity contribution in [1.82, 2.24) is 0 Å². The maximum atomic E-state index is 11.8. The van der Waals surface area contributed by atoms with Gasteiger partial charge in [-0.2, -0.15) is 0 Å². The van der Waals surface area contributed by atoms with Crippen molar-refractivity contribution in [3.8, 4) is 0 Å². The first-order valence-corrected chi connectivity index (χ1v) is 9.19. The van der Waals surface area contributed by atoms with Crippen LogP contribution < -0.4 is 5.73 Å². The lowest BCUT2D eigenvalue weighted by Gasteiger charge is -2.38. The molecule has 26 heavy (non-hydrogen) atoms. The van der Waals surface area contributed by atoms with Crippen LogP contribution in [0.4, 0.5) is 11.4 Å². The highest BCUT2D eigenvalue weighted by Gasteiger charge is 2.62. The first kappa shape index (κ1) is 17.3. The Morgan fingerprint density at radius 1 is 1.54 bits per heavy atom. The summed E-state index contributed by atoms with van der Waals surface area (Å²) in [5.74, 6) is 0.621. The zero-order chi connectivity index (χ0) is 18.7. The number of nitrogens with two attached hydrogens (primary N) is 1. The largest absolute Gasteiger partial charge is 0.481 e. The topological polar surface area (TPSA) is 84.9 Å². The predicted octanol–water partition coefficient (Wildman–Crippen LogP) is 3.71. The van der Waals surface area contributed by atoms with E-state index in [0.29, 0.717) is 22.4 Å². The lowest BCUT2D eigenvalue weighted by atomic mass is 9.66. The Morgan fingerprint density at radius 3 is 2.92 bits per heavy atom. The number of anilines is 1. The summed E-state index contributed by atoms with van der Waals surface area (Å²) < 4.78 is 5.14. The number of aliphatic imine (C=N–C) groups is 1.